The lowest BCUT2D eigenvalue weighted by atomic mass is 9.88. The van der Waals surface area contributed by atoms with E-state index in [1.54, 1.807) is 25.3 Å². The molecule has 1 fully saturated rings. The SMILES string of the molecule is Cc1c(F)cccc1CN1C[C@@H](C(=O)O)C[C@H](C(=O)NCc2ccccn2)C1. The predicted octanol–water partition coefficient (Wildman–Crippen LogP) is 2.37. The molecule has 3 rings (SSSR count). The van der Waals surface area contributed by atoms with Crippen molar-refractivity contribution >= 4 is 11.9 Å². The molecule has 2 aromatic rings. The van der Waals surface area contributed by atoms with Crippen molar-refractivity contribution in [3.8, 4) is 0 Å². The summed E-state index contributed by atoms with van der Waals surface area (Å²) in [5.41, 5.74) is 2.10. The zero-order valence-electron chi connectivity index (χ0n) is 15.8. The van der Waals surface area contributed by atoms with Gasteiger partial charge in [-0.3, -0.25) is 19.5 Å². The Morgan fingerprint density at radius 2 is 2.00 bits per heavy atom. The second-order valence-corrected chi connectivity index (χ2v) is 7.22. The number of carboxylic acids is 1. The Morgan fingerprint density at radius 1 is 1.21 bits per heavy atom. The van der Waals surface area contributed by atoms with Crippen LogP contribution in [0.15, 0.2) is 42.6 Å². The van der Waals surface area contributed by atoms with Crippen LogP contribution in [0.2, 0.25) is 0 Å². The lowest BCUT2D eigenvalue weighted by Gasteiger charge is -2.35. The van der Waals surface area contributed by atoms with Crippen LogP contribution in [-0.4, -0.2) is 40.0 Å². The van der Waals surface area contributed by atoms with E-state index in [-0.39, 0.29) is 11.7 Å². The first-order chi connectivity index (χ1) is 13.4. The maximum Gasteiger partial charge on any atom is 0.307 e. The van der Waals surface area contributed by atoms with E-state index in [4.69, 9.17) is 0 Å². The summed E-state index contributed by atoms with van der Waals surface area (Å²) in [5.74, 6) is -2.45. The number of carbonyl (C=O) groups is 2. The fourth-order valence-electron chi connectivity index (χ4n) is 3.58. The highest BCUT2D eigenvalue weighted by molar-refractivity contribution is 5.80. The molecule has 2 heterocycles. The molecule has 0 aliphatic carbocycles. The first kappa shape index (κ1) is 19.9. The molecule has 6 nitrogen and oxygen atoms in total. The summed E-state index contributed by atoms with van der Waals surface area (Å²) in [6.45, 7) is 3.21. The Kier molecular flexibility index (Phi) is 6.36. The Balaban J connectivity index is 1.68. The number of aromatic nitrogens is 1. The van der Waals surface area contributed by atoms with Crippen LogP contribution in [0, 0.1) is 24.6 Å². The minimum atomic E-state index is -0.914. The van der Waals surface area contributed by atoms with Gasteiger partial charge in [0.1, 0.15) is 5.82 Å². The lowest BCUT2D eigenvalue weighted by Crippen LogP contribution is -2.47. The normalized spacial score (nSPS) is 19.9. The highest BCUT2D eigenvalue weighted by Gasteiger charge is 2.35. The molecule has 0 saturated carbocycles. The molecule has 1 aliphatic heterocycles. The summed E-state index contributed by atoms with van der Waals surface area (Å²) in [4.78, 5) is 30.3. The van der Waals surface area contributed by atoms with Gasteiger partial charge in [0.25, 0.3) is 0 Å². The minimum absolute atomic E-state index is 0.183. The number of halogens is 1. The number of hydrogen-bond donors (Lipinski definition) is 2. The van der Waals surface area contributed by atoms with Gasteiger partial charge < -0.3 is 10.4 Å². The van der Waals surface area contributed by atoms with Crippen LogP contribution in [0.4, 0.5) is 4.39 Å². The number of nitrogens with one attached hydrogen (secondary N) is 1. The molecule has 0 unspecified atom stereocenters. The largest absolute Gasteiger partial charge is 0.481 e. The number of amides is 1. The van der Waals surface area contributed by atoms with Gasteiger partial charge in [-0.2, -0.15) is 0 Å². The summed E-state index contributed by atoms with van der Waals surface area (Å²) in [5, 5.41) is 12.4. The fourth-order valence-corrected chi connectivity index (χ4v) is 3.58. The van der Waals surface area contributed by atoms with Gasteiger partial charge in [-0.1, -0.05) is 18.2 Å². The predicted molar refractivity (Wildman–Crippen MR) is 102 cm³/mol. The molecule has 28 heavy (non-hydrogen) atoms. The Hall–Kier alpha value is -2.80. The molecular weight excluding hydrogens is 361 g/mol. The van der Waals surface area contributed by atoms with Gasteiger partial charge in [0, 0.05) is 25.8 Å². The number of piperidine rings is 1. The monoisotopic (exact) mass is 385 g/mol. The van der Waals surface area contributed by atoms with E-state index in [2.05, 4.69) is 10.3 Å². The molecule has 2 atom stereocenters. The van der Waals surface area contributed by atoms with Crippen molar-refractivity contribution in [1.29, 1.82) is 0 Å². The van der Waals surface area contributed by atoms with Crippen molar-refractivity contribution in [2.24, 2.45) is 11.8 Å². The van der Waals surface area contributed by atoms with Crippen LogP contribution in [0.25, 0.3) is 0 Å². The number of rotatable bonds is 6. The van der Waals surface area contributed by atoms with Crippen LogP contribution >= 0.6 is 0 Å². The van der Waals surface area contributed by atoms with E-state index < -0.39 is 17.8 Å². The van der Waals surface area contributed by atoms with Crippen LogP contribution < -0.4 is 5.32 Å². The third-order valence-electron chi connectivity index (χ3n) is 5.19. The zero-order valence-corrected chi connectivity index (χ0v) is 15.8. The number of benzene rings is 1. The van der Waals surface area contributed by atoms with Crippen LogP contribution in [0.3, 0.4) is 0 Å². The van der Waals surface area contributed by atoms with Crippen molar-refractivity contribution in [2.75, 3.05) is 13.1 Å². The first-order valence-corrected chi connectivity index (χ1v) is 9.31. The summed E-state index contributed by atoms with van der Waals surface area (Å²) >= 11 is 0. The van der Waals surface area contributed by atoms with E-state index in [1.807, 2.05) is 23.1 Å². The number of carbonyl (C=O) groups excluding carboxylic acids is 1. The molecule has 1 aromatic heterocycles. The molecular formula is C21H24FN3O3. The van der Waals surface area contributed by atoms with E-state index in [1.165, 1.54) is 6.07 Å². The van der Waals surface area contributed by atoms with E-state index in [9.17, 15) is 19.1 Å². The highest BCUT2D eigenvalue weighted by Crippen LogP contribution is 2.25. The van der Waals surface area contributed by atoms with Gasteiger partial charge in [-0.25, -0.2) is 4.39 Å². The Labute approximate surface area is 163 Å². The van der Waals surface area contributed by atoms with Gasteiger partial charge in [-0.05, 0) is 42.7 Å². The van der Waals surface area contributed by atoms with E-state index in [0.717, 1.165) is 11.3 Å². The highest BCUT2D eigenvalue weighted by atomic mass is 19.1. The molecule has 1 amide bonds. The Morgan fingerprint density at radius 3 is 2.71 bits per heavy atom. The molecule has 148 valence electrons. The topological polar surface area (TPSA) is 82.5 Å². The number of carboxylic acid groups (broad SMARTS) is 1. The average molecular weight is 385 g/mol. The number of hydrogen-bond acceptors (Lipinski definition) is 4. The number of aliphatic carboxylic acids is 1. The Bertz CT molecular complexity index is 844. The smallest absolute Gasteiger partial charge is 0.307 e. The molecule has 1 aliphatic rings. The van der Waals surface area contributed by atoms with Gasteiger partial charge in [0.05, 0.1) is 24.1 Å². The number of likely N-dealkylation sites (tertiary alicyclic amines) is 1. The van der Waals surface area contributed by atoms with Gasteiger partial charge >= 0.3 is 5.97 Å². The molecule has 2 N–H and O–H groups in total. The number of pyridine rings is 1. The minimum Gasteiger partial charge on any atom is -0.481 e. The van der Waals surface area contributed by atoms with Crippen molar-refractivity contribution < 1.29 is 19.1 Å². The summed E-state index contributed by atoms with van der Waals surface area (Å²) < 4.78 is 13.8. The van der Waals surface area contributed by atoms with Crippen molar-refractivity contribution in [2.45, 2.75) is 26.4 Å². The maximum atomic E-state index is 13.8. The van der Waals surface area contributed by atoms with Crippen molar-refractivity contribution in [3.63, 3.8) is 0 Å². The quantitative estimate of drug-likeness (QED) is 0.798. The van der Waals surface area contributed by atoms with Crippen molar-refractivity contribution in [3.05, 3.63) is 65.2 Å². The summed E-state index contributed by atoms with van der Waals surface area (Å²) in [6, 6.07) is 10.4. The molecule has 0 spiro atoms. The average Bonchev–Trinajstić information content (AvgIpc) is 2.70. The zero-order chi connectivity index (χ0) is 20.1. The van der Waals surface area contributed by atoms with Gasteiger partial charge in [0.15, 0.2) is 0 Å². The lowest BCUT2D eigenvalue weighted by molar-refractivity contribution is -0.145. The standard InChI is InChI=1S/C21H24FN3O3/c1-14-15(5-4-7-19(14)22)11-25-12-16(9-17(13-25)21(27)28)20(26)24-10-18-6-2-3-8-23-18/h2-8,16-17H,9-13H2,1H3,(H,24,26)(H,27,28)/t16-,17-/m0/s1. The third-order valence-corrected chi connectivity index (χ3v) is 5.19. The first-order valence-electron chi connectivity index (χ1n) is 9.31. The molecule has 1 aromatic carbocycles. The van der Waals surface area contributed by atoms with Gasteiger partial charge in [0.2, 0.25) is 5.91 Å². The molecule has 0 radical (unpaired) electrons. The van der Waals surface area contributed by atoms with Crippen LogP contribution in [0.1, 0.15) is 23.2 Å². The molecule has 1 saturated heterocycles. The number of nitrogens with zero attached hydrogens (tertiary/aromatic N) is 2. The molecule has 0 bridgehead atoms. The fraction of sp³-hybridized carbons (Fsp3) is 0.381. The summed E-state index contributed by atoms with van der Waals surface area (Å²) in [6.07, 6.45) is 1.95. The summed E-state index contributed by atoms with van der Waals surface area (Å²) in [7, 11) is 0. The third kappa shape index (κ3) is 4.92. The van der Waals surface area contributed by atoms with Crippen LogP contribution in [0.5, 0.6) is 0 Å². The van der Waals surface area contributed by atoms with E-state index in [0.29, 0.717) is 38.2 Å². The van der Waals surface area contributed by atoms with Crippen LogP contribution in [-0.2, 0) is 22.7 Å². The second kappa shape index (κ2) is 8.93. The maximum absolute atomic E-state index is 13.8. The van der Waals surface area contributed by atoms with Crippen molar-refractivity contribution in [1.82, 2.24) is 15.2 Å². The molecule has 7 heteroatoms. The van der Waals surface area contributed by atoms with E-state index >= 15 is 0 Å². The second-order valence-electron chi connectivity index (χ2n) is 7.22. The van der Waals surface area contributed by atoms with Gasteiger partial charge in [-0.15, -0.1) is 0 Å².